The minimum absolute atomic E-state index is 0. The van der Waals surface area contributed by atoms with Gasteiger partial charge in [0, 0.05) is 79.4 Å². The number of hydrogen-bond donors (Lipinski definition) is 4. The molecule has 0 aliphatic rings. The van der Waals surface area contributed by atoms with E-state index in [1.807, 2.05) is 0 Å². The maximum atomic E-state index is 8.72. The summed E-state index contributed by atoms with van der Waals surface area (Å²) >= 11 is 0. The molecule has 0 aliphatic carbocycles. The van der Waals surface area contributed by atoms with Crippen molar-refractivity contribution < 1.29 is 111 Å². The summed E-state index contributed by atoms with van der Waals surface area (Å²) in [7, 11) is 0. The molecule has 1 aromatic rings. The molecule has 0 bridgehead atoms. The van der Waals surface area contributed by atoms with E-state index in [0.29, 0.717) is 0 Å². The molecule has 0 fully saturated rings. The van der Waals surface area contributed by atoms with Crippen LogP contribution in [0, 0.1) is 0 Å². The van der Waals surface area contributed by atoms with E-state index in [1.165, 1.54) is 24.3 Å². The second-order valence-corrected chi connectivity index (χ2v) is 2.42. The molecule has 1 aromatic carbocycles. The first-order valence-electron chi connectivity index (χ1n) is 3.43. The SMILES string of the molecule is O.O.O.O.OC(O)c1cccc(C(O)O)c1.[Cu].[Cu].[Cu].[Cu]. The van der Waals surface area contributed by atoms with Gasteiger partial charge in [0.1, 0.15) is 0 Å². The molecule has 0 spiro atoms. The Morgan fingerprint density at radius 1 is 0.600 bits per heavy atom. The molecular weight excluding hydrogens is 478 g/mol. The van der Waals surface area contributed by atoms with E-state index in [1.54, 1.807) is 0 Å². The van der Waals surface area contributed by atoms with Crippen molar-refractivity contribution >= 4 is 0 Å². The Bertz CT molecular complexity index is 253. The quantitative estimate of drug-likeness (QED) is 0.241. The van der Waals surface area contributed by atoms with Crippen molar-refractivity contribution in [3.05, 3.63) is 35.4 Å². The Balaban J connectivity index is -0.0000000300. The second kappa shape index (κ2) is 25.0. The van der Waals surface area contributed by atoms with E-state index >= 15 is 0 Å². The molecule has 4 radical (unpaired) electrons. The summed E-state index contributed by atoms with van der Waals surface area (Å²) in [4.78, 5) is 0. The van der Waals surface area contributed by atoms with Gasteiger partial charge in [-0.15, -0.1) is 0 Å². The van der Waals surface area contributed by atoms with Gasteiger partial charge in [0.15, 0.2) is 12.6 Å². The molecule has 0 unspecified atom stereocenters. The van der Waals surface area contributed by atoms with Crippen molar-refractivity contribution in [3.8, 4) is 0 Å². The predicted octanol–water partition coefficient (Wildman–Crippen LogP) is -3.66. The zero-order valence-electron chi connectivity index (χ0n) is 9.46. The van der Waals surface area contributed by atoms with Gasteiger partial charge < -0.3 is 42.3 Å². The maximum absolute atomic E-state index is 8.72. The van der Waals surface area contributed by atoms with Crippen LogP contribution in [-0.2, 0) is 68.3 Å². The van der Waals surface area contributed by atoms with Crippen LogP contribution in [0.5, 0.6) is 0 Å². The molecule has 0 atom stereocenters. The third-order valence-corrected chi connectivity index (χ3v) is 1.51. The summed E-state index contributed by atoms with van der Waals surface area (Å²) in [6, 6.07) is 5.80. The fourth-order valence-electron chi connectivity index (χ4n) is 0.880. The van der Waals surface area contributed by atoms with Crippen LogP contribution in [0.15, 0.2) is 24.3 Å². The minimum Gasteiger partial charge on any atom is -0.412 e. The summed E-state index contributed by atoms with van der Waals surface area (Å²) in [6.45, 7) is 0. The van der Waals surface area contributed by atoms with E-state index in [0.717, 1.165) is 0 Å². The van der Waals surface area contributed by atoms with Crippen molar-refractivity contribution in [1.29, 1.82) is 0 Å². The van der Waals surface area contributed by atoms with E-state index in [9.17, 15) is 0 Å². The van der Waals surface area contributed by atoms with Crippen molar-refractivity contribution in [1.82, 2.24) is 0 Å². The van der Waals surface area contributed by atoms with E-state index in [-0.39, 0.29) is 101 Å². The zero-order valence-corrected chi connectivity index (χ0v) is 13.2. The Labute approximate surface area is 158 Å². The molecular formula is C8H18Cu4O8. The van der Waals surface area contributed by atoms with Crippen molar-refractivity contribution in [2.75, 3.05) is 0 Å². The molecule has 0 heterocycles. The molecule has 12 N–H and O–H groups in total. The van der Waals surface area contributed by atoms with Gasteiger partial charge in [-0.3, -0.25) is 0 Å². The number of aliphatic hydroxyl groups excluding tert-OH is 2. The Morgan fingerprint density at radius 2 is 0.850 bits per heavy atom. The third kappa shape index (κ3) is 17.0. The number of rotatable bonds is 2. The summed E-state index contributed by atoms with van der Waals surface area (Å²) in [5.74, 6) is 0. The van der Waals surface area contributed by atoms with Gasteiger partial charge in [-0.05, 0) is 6.07 Å². The van der Waals surface area contributed by atoms with Crippen LogP contribution >= 0.6 is 0 Å². The molecule has 8 nitrogen and oxygen atoms in total. The van der Waals surface area contributed by atoms with E-state index in [2.05, 4.69) is 0 Å². The molecule has 142 valence electrons. The van der Waals surface area contributed by atoms with Crippen molar-refractivity contribution in [2.24, 2.45) is 0 Å². The maximum Gasteiger partial charge on any atom is 0.178 e. The van der Waals surface area contributed by atoms with Crippen LogP contribution in [0.2, 0.25) is 0 Å². The van der Waals surface area contributed by atoms with Gasteiger partial charge in [-0.2, -0.15) is 0 Å². The van der Waals surface area contributed by atoms with Crippen LogP contribution in [0.25, 0.3) is 0 Å². The number of hydrogen-bond acceptors (Lipinski definition) is 4. The third-order valence-electron chi connectivity index (χ3n) is 1.51. The van der Waals surface area contributed by atoms with Crippen LogP contribution < -0.4 is 0 Å². The Kier molecular flexibility index (Phi) is 62.0. The molecule has 1 rings (SSSR count). The fourth-order valence-corrected chi connectivity index (χ4v) is 0.880. The molecule has 0 saturated carbocycles. The second-order valence-electron chi connectivity index (χ2n) is 2.42. The van der Waals surface area contributed by atoms with E-state index in [4.69, 9.17) is 20.4 Å². The van der Waals surface area contributed by atoms with Gasteiger partial charge in [-0.1, -0.05) is 18.2 Å². The van der Waals surface area contributed by atoms with Gasteiger partial charge in [0.2, 0.25) is 0 Å². The molecule has 0 aliphatic heterocycles. The number of aliphatic hydroxyl groups is 4. The predicted molar refractivity (Wildman–Crippen MR) is 55.3 cm³/mol. The molecule has 0 saturated heterocycles. The minimum atomic E-state index is -1.58. The largest absolute Gasteiger partial charge is 0.412 e. The molecule has 0 amide bonds. The van der Waals surface area contributed by atoms with Crippen molar-refractivity contribution in [2.45, 2.75) is 12.6 Å². The van der Waals surface area contributed by atoms with Crippen LogP contribution in [0.4, 0.5) is 0 Å². The smallest absolute Gasteiger partial charge is 0.178 e. The van der Waals surface area contributed by atoms with Gasteiger partial charge >= 0.3 is 0 Å². The van der Waals surface area contributed by atoms with Gasteiger partial charge in [0.25, 0.3) is 0 Å². The Morgan fingerprint density at radius 3 is 1.05 bits per heavy atom. The Hall–Kier alpha value is 0.978. The molecule has 12 heteroatoms. The number of benzene rings is 1. The average molecular weight is 496 g/mol. The first-order chi connectivity index (χ1) is 5.61. The van der Waals surface area contributed by atoms with E-state index < -0.39 is 12.6 Å². The average Bonchev–Trinajstić information content (AvgIpc) is 2.04. The first kappa shape index (κ1) is 49.7. The topological polar surface area (TPSA) is 207 Å². The molecule has 0 aromatic heterocycles. The molecule has 20 heavy (non-hydrogen) atoms. The van der Waals surface area contributed by atoms with Crippen LogP contribution in [0.1, 0.15) is 23.7 Å². The normalized spacial score (nSPS) is 6.70. The first-order valence-corrected chi connectivity index (χ1v) is 3.43. The van der Waals surface area contributed by atoms with Crippen LogP contribution in [0.3, 0.4) is 0 Å². The standard InChI is InChI=1S/C8H10O4.4Cu.4H2O/c9-7(10)5-2-1-3-6(4-5)8(11)12;;;;;;;;/h1-4,7-12H;;;;;4*1H2. The van der Waals surface area contributed by atoms with Crippen LogP contribution in [-0.4, -0.2) is 42.3 Å². The summed E-state index contributed by atoms with van der Waals surface area (Å²) in [5.41, 5.74) is 0.473. The summed E-state index contributed by atoms with van der Waals surface area (Å²) < 4.78 is 0. The van der Waals surface area contributed by atoms with Gasteiger partial charge in [-0.25, -0.2) is 0 Å². The monoisotopic (exact) mass is 494 g/mol. The summed E-state index contributed by atoms with van der Waals surface area (Å²) in [5, 5.41) is 34.9. The fraction of sp³-hybridized carbons (Fsp3) is 0.250. The van der Waals surface area contributed by atoms with Gasteiger partial charge in [0.05, 0.1) is 0 Å². The summed E-state index contributed by atoms with van der Waals surface area (Å²) in [6.07, 6.45) is -3.16. The zero-order chi connectivity index (χ0) is 9.14. The van der Waals surface area contributed by atoms with Crippen molar-refractivity contribution in [3.63, 3.8) is 0 Å².